The highest BCUT2D eigenvalue weighted by Crippen LogP contribution is 2.30. The Morgan fingerprint density at radius 3 is 2.21 bits per heavy atom. The minimum absolute atomic E-state index is 0.0784. The lowest BCUT2D eigenvalue weighted by Crippen LogP contribution is -2.32. The Balaban J connectivity index is 2.04. The van der Waals surface area contributed by atoms with Crippen molar-refractivity contribution in [3.05, 3.63) is 59.7 Å². The lowest BCUT2D eigenvalue weighted by atomic mass is 9.86. The van der Waals surface area contributed by atoms with Crippen LogP contribution in [0.15, 0.2) is 53.4 Å². The summed E-state index contributed by atoms with van der Waals surface area (Å²) in [6.07, 6.45) is 1.86. The minimum Gasteiger partial charge on any atom is -0.483 e. The second-order valence-electron chi connectivity index (χ2n) is 7.90. The van der Waals surface area contributed by atoms with Gasteiger partial charge in [0.25, 0.3) is 5.91 Å². The molecule has 0 heterocycles. The number of amides is 1. The number of para-hydroxylation sites is 1. The van der Waals surface area contributed by atoms with Gasteiger partial charge in [0.15, 0.2) is 16.4 Å². The summed E-state index contributed by atoms with van der Waals surface area (Å²) in [5.41, 5.74) is 1.82. The molecule has 0 aliphatic heterocycles. The average Bonchev–Trinajstić information content (AvgIpc) is 2.63. The molecule has 5 nitrogen and oxygen atoms in total. The Labute approximate surface area is 168 Å². The molecule has 2 aromatic rings. The Hall–Kier alpha value is -2.34. The molecule has 0 saturated heterocycles. The Morgan fingerprint density at radius 1 is 1.07 bits per heavy atom. The third kappa shape index (κ3) is 5.83. The fourth-order valence-corrected chi connectivity index (χ4v) is 3.59. The van der Waals surface area contributed by atoms with E-state index in [4.69, 9.17) is 4.74 Å². The quantitative estimate of drug-likeness (QED) is 0.757. The fourth-order valence-electron chi connectivity index (χ4n) is 2.96. The highest BCUT2D eigenvalue weighted by Gasteiger charge is 2.20. The first kappa shape index (κ1) is 22.0. The first-order valence-electron chi connectivity index (χ1n) is 9.34. The summed E-state index contributed by atoms with van der Waals surface area (Å²) in [6.45, 7) is 8.18. The number of ether oxygens (including phenoxy) is 1. The first-order chi connectivity index (χ1) is 13.0. The Morgan fingerprint density at radius 2 is 1.68 bits per heavy atom. The maximum absolute atomic E-state index is 12.4. The molecule has 1 unspecified atom stereocenters. The number of benzene rings is 2. The van der Waals surface area contributed by atoms with E-state index in [1.165, 1.54) is 6.26 Å². The second kappa shape index (κ2) is 8.78. The van der Waals surface area contributed by atoms with Crippen molar-refractivity contribution in [3.8, 4) is 5.75 Å². The molecule has 28 heavy (non-hydrogen) atoms. The van der Waals surface area contributed by atoms with Crippen LogP contribution in [0.25, 0.3) is 0 Å². The standard InChI is InChI=1S/C22H29NO4S/c1-6-19(16-11-13-17(14-12-16)28(5,25)26)23-21(24)15-27-20-10-8-7-9-18(20)22(2,3)4/h7-14,19H,6,15H2,1-5H3,(H,23,24). The van der Waals surface area contributed by atoms with E-state index >= 15 is 0 Å². The number of nitrogens with one attached hydrogen (secondary N) is 1. The molecule has 6 heteroatoms. The van der Waals surface area contributed by atoms with Gasteiger partial charge in [-0.05, 0) is 41.2 Å². The molecule has 152 valence electrons. The van der Waals surface area contributed by atoms with Crippen LogP contribution in [0.1, 0.15) is 51.3 Å². The van der Waals surface area contributed by atoms with Gasteiger partial charge in [0, 0.05) is 6.26 Å². The topological polar surface area (TPSA) is 72.5 Å². The van der Waals surface area contributed by atoms with Crippen molar-refractivity contribution < 1.29 is 17.9 Å². The van der Waals surface area contributed by atoms with Crippen LogP contribution in [-0.4, -0.2) is 27.2 Å². The van der Waals surface area contributed by atoms with E-state index in [2.05, 4.69) is 26.1 Å². The summed E-state index contributed by atoms with van der Waals surface area (Å²) in [4.78, 5) is 12.7. The lowest BCUT2D eigenvalue weighted by Gasteiger charge is -2.23. The van der Waals surface area contributed by atoms with Crippen molar-refractivity contribution in [1.29, 1.82) is 0 Å². The third-order valence-corrected chi connectivity index (χ3v) is 5.64. The largest absolute Gasteiger partial charge is 0.483 e. The molecule has 0 aliphatic carbocycles. The molecule has 1 atom stereocenters. The number of carbonyl (C=O) groups is 1. The van der Waals surface area contributed by atoms with Gasteiger partial charge in [-0.2, -0.15) is 0 Å². The predicted molar refractivity (Wildman–Crippen MR) is 111 cm³/mol. The highest BCUT2D eigenvalue weighted by atomic mass is 32.2. The molecule has 0 bridgehead atoms. The summed E-state index contributed by atoms with van der Waals surface area (Å²) in [7, 11) is -3.24. The molecule has 0 aliphatic rings. The van der Waals surface area contributed by atoms with Crippen molar-refractivity contribution in [1.82, 2.24) is 5.32 Å². The van der Waals surface area contributed by atoms with Crippen LogP contribution >= 0.6 is 0 Å². The molecule has 1 N–H and O–H groups in total. The summed E-state index contributed by atoms with van der Waals surface area (Å²) in [5, 5.41) is 2.96. The van der Waals surface area contributed by atoms with Gasteiger partial charge >= 0.3 is 0 Å². The monoisotopic (exact) mass is 403 g/mol. The molecular weight excluding hydrogens is 374 g/mol. The van der Waals surface area contributed by atoms with E-state index in [0.29, 0.717) is 12.2 Å². The van der Waals surface area contributed by atoms with Gasteiger partial charge in [0.05, 0.1) is 10.9 Å². The van der Waals surface area contributed by atoms with E-state index in [1.807, 2.05) is 31.2 Å². The number of sulfone groups is 1. The molecule has 2 rings (SSSR count). The van der Waals surface area contributed by atoms with Gasteiger partial charge in [-0.15, -0.1) is 0 Å². The van der Waals surface area contributed by atoms with Crippen molar-refractivity contribution in [3.63, 3.8) is 0 Å². The van der Waals surface area contributed by atoms with Gasteiger partial charge in [0.2, 0.25) is 0 Å². The van der Waals surface area contributed by atoms with E-state index in [0.717, 1.165) is 11.1 Å². The van der Waals surface area contributed by atoms with Gasteiger partial charge < -0.3 is 10.1 Å². The van der Waals surface area contributed by atoms with Crippen LogP contribution < -0.4 is 10.1 Å². The van der Waals surface area contributed by atoms with Crippen LogP contribution in [-0.2, 0) is 20.0 Å². The number of carbonyl (C=O) groups excluding carboxylic acids is 1. The van der Waals surface area contributed by atoms with E-state index in [-0.39, 0.29) is 28.9 Å². The Kier molecular flexibility index (Phi) is 6.88. The SMILES string of the molecule is CCC(NC(=O)COc1ccccc1C(C)(C)C)c1ccc(S(C)(=O)=O)cc1. The van der Waals surface area contributed by atoms with Gasteiger partial charge in [-0.25, -0.2) is 8.42 Å². The maximum atomic E-state index is 12.4. The number of hydrogen-bond acceptors (Lipinski definition) is 4. The Bertz CT molecular complexity index is 912. The zero-order valence-electron chi connectivity index (χ0n) is 17.2. The van der Waals surface area contributed by atoms with Crippen molar-refractivity contribution in [2.45, 2.75) is 50.5 Å². The van der Waals surface area contributed by atoms with E-state index in [9.17, 15) is 13.2 Å². The van der Waals surface area contributed by atoms with E-state index < -0.39 is 9.84 Å². The zero-order valence-corrected chi connectivity index (χ0v) is 18.0. The number of rotatable bonds is 7. The molecule has 1 amide bonds. The molecular formula is C22H29NO4S. The summed E-state index contributed by atoms with van der Waals surface area (Å²) < 4.78 is 29.0. The first-order valence-corrected chi connectivity index (χ1v) is 11.2. The van der Waals surface area contributed by atoms with Gasteiger partial charge in [-0.1, -0.05) is 58.0 Å². The molecule has 0 fully saturated rings. The third-order valence-electron chi connectivity index (χ3n) is 4.51. The van der Waals surface area contributed by atoms with Gasteiger partial charge in [0.1, 0.15) is 5.75 Å². The van der Waals surface area contributed by atoms with Crippen LogP contribution in [0.4, 0.5) is 0 Å². The molecule has 0 spiro atoms. The molecule has 0 aromatic heterocycles. The summed E-state index contributed by atoms with van der Waals surface area (Å²) in [6, 6.07) is 14.1. The van der Waals surface area contributed by atoms with Crippen molar-refractivity contribution >= 4 is 15.7 Å². The van der Waals surface area contributed by atoms with Crippen molar-refractivity contribution in [2.75, 3.05) is 12.9 Å². The van der Waals surface area contributed by atoms with Gasteiger partial charge in [-0.3, -0.25) is 4.79 Å². The second-order valence-corrected chi connectivity index (χ2v) is 9.92. The highest BCUT2D eigenvalue weighted by molar-refractivity contribution is 7.90. The zero-order chi connectivity index (χ0) is 20.9. The average molecular weight is 404 g/mol. The summed E-state index contributed by atoms with van der Waals surface area (Å²) >= 11 is 0. The molecule has 0 saturated carbocycles. The minimum atomic E-state index is -3.24. The number of hydrogen-bond donors (Lipinski definition) is 1. The lowest BCUT2D eigenvalue weighted by molar-refractivity contribution is -0.123. The van der Waals surface area contributed by atoms with Crippen LogP contribution in [0.2, 0.25) is 0 Å². The fraction of sp³-hybridized carbons (Fsp3) is 0.409. The maximum Gasteiger partial charge on any atom is 0.258 e. The normalized spacial score (nSPS) is 13.0. The smallest absolute Gasteiger partial charge is 0.258 e. The van der Waals surface area contributed by atoms with E-state index in [1.54, 1.807) is 24.3 Å². The molecule has 2 aromatic carbocycles. The summed E-state index contributed by atoms with van der Waals surface area (Å²) in [5.74, 6) is 0.485. The molecule has 0 radical (unpaired) electrons. The van der Waals surface area contributed by atoms with Crippen LogP contribution in [0.3, 0.4) is 0 Å². The van der Waals surface area contributed by atoms with Crippen LogP contribution in [0, 0.1) is 0 Å². The van der Waals surface area contributed by atoms with Crippen molar-refractivity contribution in [2.24, 2.45) is 0 Å². The van der Waals surface area contributed by atoms with Crippen LogP contribution in [0.5, 0.6) is 5.75 Å². The predicted octanol–water partition coefficient (Wildman–Crippen LogP) is 4.03.